The molecule has 0 fully saturated rings. The van der Waals surface area contributed by atoms with E-state index in [1.54, 1.807) is 0 Å². The van der Waals surface area contributed by atoms with Gasteiger partial charge in [0.1, 0.15) is 5.76 Å². The molecule has 1 N–H and O–H groups in total. The molecule has 5 rings (SSSR count). The molecule has 0 bridgehead atoms. The van der Waals surface area contributed by atoms with Gasteiger partial charge in [-0.15, -0.1) is 17.2 Å². The van der Waals surface area contributed by atoms with E-state index in [2.05, 4.69) is 82.3 Å². The Labute approximate surface area is 250 Å². The minimum Gasteiger partial charge on any atom is -0.512 e. The van der Waals surface area contributed by atoms with E-state index in [9.17, 15) is 4.79 Å². The summed E-state index contributed by atoms with van der Waals surface area (Å²) >= 11 is 0. The van der Waals surface area contributed by atoms with E-state index in [1.807, 2.05) is 24.4 Å². The van der Waals surface area contributed by atoms with Gasteiger partial charge >= 0.3 is 0 Å². The summed E-state index contributed by atoms with van der Waals surface area (Å²) in [4.78, 5) is 14.8. The molecular formula is C35H36IrNO3-. The van der Waals surface area contributed by atoms with Crippen molar-refractivity contribution in [3.8, 4) is 22.6 Å². The molecule has 2 aromatic heterocycles. The molecular weight excluding hydrogens is 675 g/mol. The first-order valence-electron chi connectivity index (χ1n) is 13.4. The number of carbonyl (C=O) groups is 1. The predicted molar refractivity (Wildman–Crippen MR) is 161 cm³/mol. The van der Waals surface area contributed by atoms with Crippen molar-refractivity contribution in [3.05, 3.63) is 102 Å². The number of ketones is 1. The third kappa shape index (κ3) is 7.56. The molecule has 4 nitrogen and oxygen atoms in total. The number of benzene rings is 3. The van der Waals surface area contributed by atoms with Crippen LogP contribution >= 0.6 is 0 Å². The number of aromatic nitrogens is 1. The smallest absolute Gasteiger partial charge is 0.155 e. The van der Waals surface area contributed by atoms with Crippen molar-refractivity contribution in [1.82, 2.24) is 4.98 Å². The zero-order valence-corrected chi connectivity index (χ0v) is 26.3. The molecule has 0 saturated heterocycles. The quantitative estimate of drug-likeness (QED) is 0.108. The zero-order chi connectivity index (χ0) is 28.1. The number of carbonyl (C=O) groups excluding carboxylic acids is 1. The van der Waals surface area contributed by atoms with Crippen LogP contribution in [0.25, 0.3) is 44.3 Å². The van der Waals surface area contributed by atoms with E-state index >= 15 is 0 Å². The topological polar surface area (TPSA) is 63.3 Å². The molecule has 3 aromatic carbocycles. The molecule has 5 heteroatoms. The van der Waals surface area contributed by atoms with Gasteiger partial charge in [-0.3, -0.25) is 4.79 Å². The van der Waals surface area contributed by atoms with E-state index in [-0.39, 0.29) is 31.6 Å². The maximum absolute atomic E-state index is 10.0. The van der Waals surface area contributed by atoms with Crippen LogP contribution in [0.4, 0.5) is 0 Å². The molecule has 0 unspecified atom stereocenters. The number of nitrogens with zero attached hydrogens (tertiary/aromatic N) is 1. The average molecular weight is 711 g/mol. The number of aliphatic hydroxyl groups is 1. The number of hydrogen-bond acceptors (Lipinski definition) is 4. The molecule has 0 aliphatic carbocycles. The zero-order valence-electron chi connectivity index (χ0n) is 23.9. The second kappa shape index (κ2) is 13.7. The van der Waals surface area contributed by atoms with Gasteiger partial charge in [-0.25, -0.2) is 0 Å². The van der Waals surface area contributed by atoms with Crippen LogP contribution in [0.2, 0.25) is 0 Å². The van der Waals surface area contributed by atoms with Crippen molar-refractivity contribution in [2.24, 2.45) is 5.92 Å². The summed E-state index contributed by atoms with van der Waals surface area (Å²) in [6.07, 6.45) is 4.15. The monoisotopic (exact) mass is 711 g/mol. The molecule has 5 aromatic rings. The summed E-state index contributed by atoms with van der Waals surface area (Å²) in [5.74, 6) is 1.81. The summed E-state index contributed by atoms with van der Waals surface area (Å²) in [6.45, 7) is 11.8. The first-order chi connectivity index (χ1) is 18.6. The van der Waals surface area contributed by atoms with Gasteiger partial charge < -0.3 is 14.5 Å². The van der Waals surface area contributed by atoms with Crippen molar-refractivity contribution >= 4 is 27.5 Å². The molecule has 0 spiro atoms. The fraction of sp³-hybridized carbons (Fsp3) is 0.257. The Morgan fingerprint density at radius 2 is 1.70 bits per heavy atom. The number of furan rings is 1. The Balaban J connectivity index is 0.000000492. The summed E-state index contributed by atoms with van der Waals surface area (Å²) in [7, 11) is 0. The summed E-state index contributed by atoms with van der Waals surface area (Å²) in [6, 6.07) is 27.0. The molecule has 0 atom stereocenters. The van der Waals surface area contributed by atoms with Crippen LogP contribution in [0, 0.1) is 12.0 Å². The number of pyridine rings is 1. The summed E-state index contributed by atoms with van der Waals surface area (Å²) in [5.41, 5.74) is 6.44. The van der Waals surface area contributed by atoms with Crippen LogP contribution in [0.3, 0.4) is 0 Å². The van der Waals surface area contributed by atoms with Crippen LogP contribution in [-0.4, -0.2) is 15.9 Å². The first-order valence-corrected chi connectivity index (χ1v) is 13.4. The Morgan fingerprint density at radius 3 is 2.30 bits per heavy atom. The molecule has 0 saturated carbocycles. The van der Waals surface area contributed by atoms with Crippen LogP contribution in [0.1, 0.15) is 58.6 Å². The van der Waals surface area contributed by atoms with Crippen molar-refractivity contribution in [2.45, 2.75) is 53.9 Å². The van der Waals surface area contributed by atoms with Crippen LogP contribution in [0.15, 0.2) is 89.2 Å². The average Bonchev–Trinajstić information content (AvgIpc) is 3.31. The molecule has 40 heavy (non-hydrogen) atoms. The van der Waals surface area contributed by atoms with Gasteiger partial charge in [-0.1, -0.05) is 87.7 Å². The molecule has 0 aliphatic rings. The van der Waals surface area contributed by atoms with Gasteiger partial charge in [0.2, 0.25) is 0 Å². The van der Waals surface area contributed by atoms with Gasteiger partial charge in [0, 0.05) is 37.9 Å². The van der Waals surface area contributed by atoms with Crippen molar-refractivity contribution < 1.29 is 34.4 Å². The Kier molecular flexibility index (Phi) is 10.6. The molecule has 1 radical (unpaired) electrons. The molecule has 0 amide bonds. The van der Waals surface area contributed by atoms with Crippen LogP contribution in [-0.2, 0) is 31.3 Å². The van der Waals surface area contributed by atoms with Gasteiger partial charge in [-0.2, -0.15) is 0 Å². The fourth-order valence-electron chi connectivity index (χ4n) is 4.77. The molecule has 209 valence electrons. The summed E-state index contributed by atoms with van der Waals surface area (Å²) < 4.78 is 6.30. The summed E-state index contributed by atoms with van der Waals surface area (Å²) in [5, 5.41) is 11.9. The Bertz CT molecular complexity index is 1630. The number of allylic oxidation sites excluding steroid dienone is 2. The van der Waals surface area contributed by atoms with Crippen molar-refractivity contribution in [2.75, 3.05) is 0 Å². The largest absolute Gasteiger partial charge is 0.512 e. The number of fused-ring (bicyclic) bond motifs is 2. The van der Waals surface area contributed by atoms with Crippen LogP contribution < -0.4 is 0 Å². The fourth-order valence-corrected chi connectivity index (χ4v) is 4.77. The first kappa shape index (κ1) is 31.0. The minimum absolute atomic E-state index is 0. The maximum Gasteiger partial charge on any atom is 0.155 e. The Hall–Kier alpha value is -3.53. The maximum atomic E-state index is 10.0. The predicted octanol–water partition coefficient (Wildman–Crippen LogP) is 9.47. The normalized spacial score (nSPS) is 11.4. The van der Waals surface area contributed by atoms with E-state index in [0.29, 0.717) is 11.8 Å². The van der Waals surface area contributed by atoms with Gasteiger partial charge in [0.05, 0.1) is 11.3 Å². The van der Waals surface area contributed by atoms with Crippen LogP contribution in [0.5, 0.6) is 0 Å². The number of hydrogen-bond donors (Lipinski definition) is 1. The van der Waals surface area contributed by atoms with Gasteiger partial charge in [0.15, 0.2) is 5.78 Å². The third-order valence-corrected chi connectivity index (χ3v) is 6.41. The van der Waals surface area contributed by atoms with Gasteiger partial charge in [0.25, 0.3) is 0 Å². The second-order valence-electron chi connectivity index (χ2n) is 10.7. The SMILES string of the molecule is CC(=O)/C=C(/C)O.CC(C)Cc1ccc2c(-c3[c-]c4oc(-c5ccccc5)cc4c(C(C)C)c3)nccc2c1.[Ir]. The van der Waals surface area contributed by atoms with E-state index in [0.717, 1.165) is 45.4 Å². The minimum atomic E-state index is -0.125. The third-order valence-electron chi connectivity index (χ3n) is 6.41. The number of rotatable bonds is 6. The van der Waals surface area contributed by atoms with E-state index in [4.69, 9.17) is 14.5 Å². The molecule has 2 heterocycles. The Morgan fingerprint density at radius 1 is 0.975 bits per heavy atom. The number of aliphatic hydroxyl groups excluding tert-OH is 1. The van der Waals surface area contributed by atoms with E-state index in [1.165, 1.54) is 36.4 Å². The second-order valence-corrected chi connectivity index (χ2v) is 10.7. The van der Waals surface area contributed by atoms with E-state index < -0.39 is 0 Å². The van der Waals surface area contributed by atoms with Crippen molar-refractivity contribution in [3.63, 3.8) is 0 Å². The standard InChI is InChI=1S/C30H28NO.C5H8O2.Ir/c1-19(2)14-21-10-11-25-23(15-21)12-13-31-30(25)24-16-26(20(3)4)27-18-28(32-29(27)17-24)22-8-6-5-7-9-22;1-4(6)3-5(2)7;/h5-13,15-16,18-20H,14H2,1-4H3;3,6H,1-2H3;/q-1;;/b;4-3-;. The van der Waals surface area contributed by atoms with Crippen molar-refractivity contribution in [1.29, 1.82) is 0 Å². The molecule has 0 aliphatic heterocycles. The van der Waals surface area contributed by atoms with Gasteiger partial charge in [-0.05, 0) is 66.3 Å².